The number of nitrogens with two attached hydrogens (primary N) is 1. The zero-order chi connectivity index (χ0) is 10.7. The number of halogens is 1. The number of nitro benzene ring substituents is 1. The van der Waals surface area contributed by atoms with Crippen LogP contribution in [-0.2, 0) is 6.54 Å². The molecule has 0 aliphatic rings. The topological polar surface area (TPSA) is 78.4 Å². The van der Waals surface area contributed by atoms with E-state index < -0.39 is 4.92 Å². The van der Waals surface area contributed by atoms with Crippen LogP contribution in [-0.4, -0.2) is 12.0 Å². The number of methoxy groups -OCH3 is 1. The summed E-state index contributed by atoms with van der Waals surface area (Å²) in [6.45, 7) is 0.258. The number of nitrogens with zero attached hydrogens (tertiary/aromatic N) is 1. The Morgan fingerprint density at radius 1 is 1.64 bits per heavy atom. The first-order valence-electron chi connectivity index (χ1n) is 3.81. The molecular weight excluding hydrogens is 208 g/mol. The molecule has 5 nitrogen and oxygen atoms in total. The molecule has 0 radical (unpaired) electrons. The van der Waals surface area contributed by atoms with E-state index in [1.54, 1.807) is 0 Å². The van der Waals surface area contributed by atoms with Gasteiger partial charge in [0.05, 0.1) is 12.0 Å². The van der Waals surface area contributed by atoms with Crippen LogP contribution in [0, 0.1) is 10.1 Å². The van der Waals surface area contributed by atoms with Crippen molar-refractivity contribution in [1.82, 2.24) is 0 Å². The van der Waals surface area contributed by atoms with Crippen LogP contribution in [0.25, 0.3) is 0 Å². The molecule has 76 valence electrons. The molecule has 0 aliphatic carbocycles. The third-order valence-electron chi connectivity index (χ3n) is 1.73. The number of rotatable bonds is 3. The fourth-order valence-electron chi connectivity index (χ4n) is 1.08. The second kappa shape index (κ2) is 4.26. The van der Waals surface area contributed by atoms with Crippen molar-refractivity contribution in [1.29, 1.82) is 0 Å². The zero-order valence-corrected chi connectivity index (χ0v) is 8.25. The van der Waals surface area contributed by atoms with E-state index in [1.807, 2.05) is 0 Å². The molecule has 1 aromatic rings. The summed E-state index contributed by atoms with van der Waals surface area (Å²) in [7, 11) is 1.35. The van der Waals surface area contributed by atoms with E-state index in [0.717, 1.165) is 0 Å². The maximum Gasteiger partial charge on any atom is 0.329 e. The van der Waals surface area contributed by atoms with Crippen molar-refractivity contribution >= 4 is 17.3 Å². The van der Waals surface area contributed by atoms with Crippen molar-refractivity contribution in [3.63, 3.8) is 0 Å². The SMILES string of the molecule is COc1cc(CN)cc(Cl)c1[N+](=O)[O-]. The summed E-state index contributed by atoms with van der Waals surface area (Å²) in [4.78, 5) is 10.0. The second-order valence-corrected chi connectivity index (χ2v) is 3.00. The third-order valence-corrected chi connectivity index (χ3v) is 2.01. The van der Waals surface area contributed by atoms with E-state index in [-0.39, 0.29) is 23.0 Å². The summed E-state index contributed by atoms with van der Waals surface area (Å²) in [5.41, 5.74) is 5.85. The molecule has 0 atom stereocenters. The van der Waals surface area contributed by atoms with Gasteiger partial charge in [-0.15, -0.1) is 0 Å². The van der Waals surface area contributed by atoms with E-state index in [2.05, 4.69) is 0 Å². The molecule has 1 aromatic carbocycles. The molecular formula is C8H9ClN2O3. The first-order chi connectivity index (χ1) is 6.60. The Bertz CT molecular complexity index is 368. The first-order valence-corrected chi connectivity index (χ1v) is 4.18. The van der Waals surface area contributed by atoms with Crippen molar-refractivity contribution in [2.24, 2.45) is 5.73 Å². The minimum absolute atomic E-state index is 0.0369. The van der Waals surface area contributed by atoms with Gasteiger partial charge in [-0.1, -0.05) is 11.6 Å². The van der Waals surface area contributed by atoms with Crippen LogP contribution in [0.3, 0.4) is 0 Å². The molecule has 6 heteroatoms. The van der Waals surface area contributed by atoms with Gasteiger partial charge < -0.3 is 10.5 Å². The van der Waals surface area contributed by atoms with Crippen molar-refractivity contribution in [2.45, 2.75) is 6.54 Å². The number of hydrogen-bond donors (Lipinski definition) is 1. The summed E-state index contributed by atoms with van der Waals surface area (Å²) < 4.78 is 4.85. The maximum atomic E-state index is 10.6. The fraction of sp³-hybridized carbons (Fsp3) is 0.250. The van der Waals surface area contributed by atoms with Crippen LogP contribution >= 0.6 is 11.6 Å². The maximum absolute atomic E-state index is 10.6. The van der Waals surface area contributed by atoms with Crippen LogP contribution in [0.4, 0.5) is 5.69 Å². The summed E-state index contributed by atoms with van der Waals surface area (Å²) in [6.07, 6.45) is 0. The highest BCUT2D eigenvalue weighted by Gasteiger charge is 2.20. The molecule has 0 aliphatic heterocycles. The zero-order valence-electron chi connectivity index (χ0n) is 7.49. The van der Waals surface area contributed by atoms with Gasteiger partial charge >= 0.3 is 5.69 Å². The predicted octanol–water partition coefficient (Wildman–Crippen LogP) is 1.72. The molecule has 0 amide bonds. The highest BCUT2D eigenvalue weighted by atomic mass is 35.5. The molecule has 14 heavy (non-hydrogen) atoms. The van der Waals surface area contributed by atoms with Gasteiger partial charge in [-0.3, -0.25) is 10.1 Å². The molecule has 0 heterocycles. The second-order valence-electron chi connectivity index (χ2n) is 2.59. The van der Waals surface area contributed by atoms with Crippen LogP contribution in [0.1, 0.15) is 5.56 Å². The van der Waals surface area contributed by atoms with E-state index in [1.165, 1.54) is 19.2 Å². The van der Waals surface area contributed by atoms with Crippen LogP contribution in [0.5, 0.6) is 5.75 Å². The largest absolute Gasteiger partial charge is 0.490 e. The molecule has 0 bridgehead atoms. The Balaban J connectivity index is 3.34. The molecule has 0 unspecified atom stereocenters. The van der Waals surface area contributed by atoms with Gasteiger partial charge in [-0.25, -0.2) is 0 Å². The lowest BCUT2D eigenvalue weighted by Crippen LogP contribution is -2.00. The van der Waals surface area contributed by atoms with Gasteiger partial charge in [0.2, 0.25) is 0 Å². The van der Waals surface area contributed by atoms with Gasteiger partial charge in [0, 0.05) is 6.54 Å². The van der Waals surface area contributed by atoms with Gasteiger partial charge in [0.15, 0.2) is 5.75 Å². The molecule has 0 saturated carbocycles. The molecule has 0 saturated heterocycles. The van der Waals surface area contributed by atoms with Crippen LogP contribution in [0.15, 0.2) is 12.1 Å². The van der Waals surface area contributed by atoms with Crippen LogP contribution < -0.4 is 10.5 Å². The molecule has 0 fully saturated rings. The smallest absolute Gasteiger partial charge is 0.329 e. The molecule has 0 aromatic heterocycles. The summed E-state index contributed by atoms with van der Waals surface area (Å²) in [5, 5.41) is 10.6. The molecule has 2 N–H and O–H groups in total. The number of hydrogen-bond acceptors (Lipinski definition) is 4. The fourth-order valence-corrected chi connectivity index (χ4v) is 1.38. The summed E-state index contributed by atoms with van der Waals surface area (Å²) in [6, 6.07) is 2.96. The Hall–Kier alpha value is -1.33. The van der Waals surface area contributed by atoms with Gasteiger partial charge in [-0.05, 0) is 17.7 Å². The molecule has 1 rings (SSSR count). The Labute approximate surface area is 85.6 Å². The standard InChI is InChI=1S/C8H9ClN2O3/c1-14-7-3-5(4-10)2-6(9)8(7)11(12)13/h2-3H,4,10H2,1H3. The average molecular weight is 217 g/mol. The van der Waals surface area contributed by atoms with Crippen molar-refractivity contribution in [3.05, 3.63) is 32.8 Å². The summed E-state index contributed by atoms with van der Waals surface area (Å²) >= 11 is 5.71. The van der Waals surface area contributed by atoms with E-state index in [4.69, 9.17) is 22.1 Å². The number of ether oxygens (including phenoxy) is 1. The van der Waals surface area contributed by atoms with E-state index in [9.17, 15) is 10.1 Å². The van der Waals surface area contributed by atoms with Gasteiger partial charge in [0.25, 0.3) is 0 Å². The third kappa shape index (κ3) is 1.94. The highest BCUT2D eigenvalue weighted by Crippen LogP contribution is 2.35. The minimum Gasteiger partial charge on any atom is -0.490 e. The number of benzene rings is 1. The first kappa shape index (κ1) is 10.7. The van der Waals surface area contributed by atoms with Crippen LogP contribution in [0.2, 0.25) is 5.02 Å². The lowest BCUT2D eigenvalue weighted by Gasteiger charge is -2.05. The van der Waals surface area contributed by atoms with E-state index >= 15 is 0 Å². The average Bonchev–Trinajstić information content (AvgIpc) is 2.15. The van der Waals surface area contributed by atoms with Gasteiger partial charge in [0.1, 0.15) is 5.02 Å². The van der Waals surface area contributed by atoms with E-state index in [0.29, 0.717) is 5.56 Å². The van der Waals surface area contributed by atoms with Crippen molar-refractivity contribution < 1.29 is 9.66 Å². The van der Waals surface area contributed by atoms with Gasteiger partial charge in [-0.2, -0.15) is 0 Å². The summed E-state index contributed by atoms with van der Waals surface area (Å²) in [5.74, 6) is 0.128. The Kier molecular flexibility index (Phi) is 3.27. The predicted molar refractivity (Wildman–Crippen MR) is 52.5 cm³/mol. The molecule has 0 spiro atoms. The quantitative estimate of drug-likeness (QED) is 0.616. The minimum atomic E-state index is -0.582. The number of nitro groups is 1. The lowest BCUT2D eigenvalue weighted by molar-refractivity contribution is -0.385. The lowest BCUT2D eigenvalue weighted by atomic mass is 10.2. The van der Waals surface area contributed by atoms with Crippen molar-refractivity contribution in [3.8, 4) is 5.75 Å². The Morgan fingerprint density at radius 2 is 2.29 bits per heavy atom. The van der Waals surface area contributed by atoms with Crippen molar-refractivity contribution in [2.75, 3.05) is 7.11 Å². The highest BCUT2D eigenvalue weighted by molar-refractivity contribution is 6.33. The monoisotopic (exact) mass is 216 g/mol. The Morgan fingerprint density at radius 3 is 2.71 bits per heavy atom. The normalized spacial score (nSPS) is 9.93.